The third-order valence-electron chi connectivity index (χ3n) is 11.2. The Bertz CT molecular complexity index is 1800. The highest BCUT2D eigenvalue weighted by molar-refractivity contribution is 5.87. The Kier molecular flexibility index (Phi) is 15.1. The van der Waals surface area contributed by atoms with E-state index in [2.05, 4.69) is 9.97 Å². The van der Waals surface area contributed by atoms with Crippen LogP contribution >= 0.6 is 0 Å². The van der Waals surface area contributed by atoms with E-state index in [9.17, 15) is 19.8 Å². The number of epoxide rings is 2. The van der Waals surface area contributed by atoms with Crippen LogP contribution in [0.1, 0.15) is 126 Å². The third-order valence-corrected chi connectivity index (χ3v) is 11.2. The first-order valence-corrected chi connectivity index (χ1v) is 20.0. The number of esters is 2. The molecule has 13 nitrogen and oxygen atoms in total. The highest BCUT2D eigenvalue weighted by atomic mass is 16.6. The van der Waals surface area contributed by atoms with Gasteiger partial charge in [0.15, 0.2) is 23.4 Å². The smallest absolute Gasteiger partial charge is 0.360 e. The van der Waals surface area contributed by atoms with Crippen molar-refractivity contribution in [3.63, 3.8) is 0 Å². The molecule has 13 heteroatoms. The number of oxazole rings is 2. The number of carbonyl (C=O) groups is 2. The predicted octanol–water partition coefficient (Wildman–Crippen LogP) is 7.52. The first-order valence-electron chi connectivity index (χ1n) is 20.0. The molecule has 5 heterocycles. The molecule has 57 heavy (non-hydrogen) atoms. The number of aliphatic hydroxyl groups is 2. The molecule has 2 N–H and O–H groups in total. The summed E-state index contributed by atoms with van der Waals surface area (Å²) in [5.74, 6) is -0.640. The highest BCUT2D eigenvalue weighted by Crippen LogP contribution is 2.44. The van der Waals surface area contributed by atoms with E-state index in [0.717, 1.165) is 24.8 Å². The van der Waals surface area contributed by atoms with Crippen LogP contribution in [-0.4, -0.2) is 88.1 Å². The van der Waals surface area contributed by atoms with Crippen molar-refractivity contribution < 1.29 is 52.3 Å². The Labute approximate surface area is 335 Å². The van der Waals surface area contributed by atoms with Gasteiger partial charge in [0.2, 0.25) is 5.89 Å². The molecule has 0 saturated carbocycles. The van der Waals surface area contributed by atoms with Crippen LogP contribution < -0.4 is 0 Å². The zero-order chi connectivity index (χ0) is 41.3. The lowest BCUT2D eigenvalue weighted by atomic mass is 9.78. The van der Waals surface area contributed by atoms with Crippen molar-refractivity contribution in [3.05, 3.63) is 96.0 Å². The lowest BCUT2D eigenvalue weighted by molar-refractivity contribution is -0.0513. The van der Waals surface area contributed by atoms with E-state index in [0.29, 0.717) is 31.0 Å². The monoisotopic (exact) mass is 792 g/mol. The van der Waals surface area contributed by atoms with Gasteiger partial charge in [0.25, 0.3) is 0 Å². The molecule has 2 aromatic rings. The predicted molar refractivity (Wildman–Crippen MR) is 211 cm³/mol. The number of allylic oxidation sites excluding steroid dienone is 6. The average molecular weight is 793 g/mol. The first-order chi connectivity index (χ1) is 27.2. The van der Waals surface area contributed by atoms with E-state index in [-0.39, 0.29) is 42.2 Å². The van der Waals surface area contributed by atoms with Crippen LogP contribution in [0.4, 0.5) is 0 Å². The van der Waals surface area contributed by atoms with Crippen molar-refractivity contribution in [2.45, 2.75) is 148 Å². The fraction of sp³-hybridized carbons (Fsp3) is 0.591. The van der Waals surface area contributed by atoms with Gasteiger partial charge >= 0.3 is 11.9 Å². The van der Waals surface area contributed by atoms with Gasteiger partial charge in [0.1, 0.15) is 24.7 Å². The van der Waals surface area contributed by atoms with Gasteiger partial charge in [0, 0.05) is 24.4 Å². The van der Waals surface area contributed by atoms with Crippen molar-refractivity contribution in [1.82, 2.24) is 9.97 Å². The normalized spacial score (nSPS) is 30.0. The number of hydrogen-bond acceptors (Lipinski definition) is 13. The number of aromatic nitrogens is 2. The van der Waals surface area contributed by atoms with Crippen molar-refractivity contribution in [3.8, 4) is 0 Å². The quantitative estimate of drug-likeness (QED) is 0.160. The lowest BCUT2D eigenvalue weighted by Gasteiger charge is -2.36. The van der Waals surface area contributed by atoms with Gasteiger partial charge in [-0.1, -0.05) is 88.0 Å². The van der Waals surface area contributed by atoms with Crippen LogP contribution in [0, 0.1) is 10.8 Å². The molecule has 4 bridgehead atoms. The zero-order valence-corrected chi connectivity index (χ0v) is 34.5. The minimum Gasteiger partial charge on any atom is -0.457 e. The van der Waals surface area contributed by atoms with Gasteiger partial charge in [-0.3, -0.25) is 0 Å². The maximum atomic E-state index is 13.4. The first kappa shape index (κ1) is 44.0. The maximum Gasteiger partial charge on any atom is 0.360 e. The van der Waals surface area contributed by atoms with Gasteiger partial charge in [-0.25, -0.2) is 19.6 Å². The summed E-state index contributed by atoms with van der Waals surface area (Å²) in [7, 11) is 1.58. The molecule has 0 unspecified atom stereocenters. The van der Waals surface area contributed by atoms with Crippen molar-refractivity contribution in [1.29, 1.82) is 0 Å². The summed E-state index contributed by atoms with van der Waals surface area (Å²) in [6.45, 7) is 13.1. The molecule has 0 aliphatic carbocycles. The number of cyclic esters (lactones) is 2. The number of hydrogen-bond donors (Lipinski definition) is 2. The molecule has 2 saturated heterocycles. The molecule has 3 aliphatic heterocycles. The van der Waals surface area contributed by atoms with E-state index in [4.69, 9.17) is 32.5 Å². The molecule has 0 aromatic carbocycles. The summed E-state index contributed by atoms with van der Waals surface area (Å²) in [6, 6.07) is 0. The minimum absolute atomic E-state index is 0.0371. The molecule has 5 rings (SSSR count). The van der Waals surface area contributed by atoms with Gasteiger partial charge in [0.05, 0.1) is 43.0 Å². The number of fused-ring (bicyclic) bond motifs is 7. The number of ether oxygens (including phenoxy) is 5. The Balaban J connectivity index is 1.35. The summed E-state index contributed by atoms with van der Waals surface area (Å²) in [5, 5.41) is 22.0. The van der Waals surface area contributed by atoms with Crippen LogP contribution in [0.3, 0.4) is 0 Å². The van der Waals surface area contributed by atoms with E-state index < -0.39 is 53.3 Å². The number of methoxy groups -OCH3 is 1. The standard InChI is InChI=1S/C44H60N2O11/c1-9-14-34(47)43(4,5)36-20-12-17-27(3)16-11-18-28(51-8)24-38-45-29(25-52-38)41(49)56-37(44(6,7)35(48)15-10-2)21-13-19-31-32(54-31)22-23-33-39(55-33)40-46-30(26-53-40)42(50)57-36/h9-12,14-18,25-26,28,31-37,39,47-48H,13,19-24H2,1-8H3/b14-9+,15-10+,17-12-,18-11?,27-16-/t28-,31+,32-,33-,34-,35-,36-,37-,39-/m0/s1. The fourth-order valence-electron chi connectivity index (χ4n) is 6.98. The molecular formula is C44H60N2O11. The third kappa shape index (κ3) is 11.7. The van der Waals surface area contributed by atoms with Gasteiger partial charge in [-0.15, -0.1) is 0 Å². The Morgan fingerprint density at radius 1 is 0.825 bits per heavy atom. The van der Waals surface area contributed by atoms with Crippen LogP contribution in [-0.2, 0) is 30.1 Å². The summed E-state index contributed by atoms with van der Waals surface area (Å²) in [4.78, 5) is 35.6. The summed E-state index contributed by atoms with van der Waals surface area (Å²) in [5.41, 5.74) is -0.623. The number of nitrogens with zero attached hydrogens (tertiary/aromatic N) is 2. The number of aliphatic hydroxyl groups excluding tert-OH is 2. The Hall–Kier alpha value is -4.14. The molecule has 0 spiro atoms. The van der Waals surface area contributed by atoms with Crippen LogP contribution in [0.15, 0.2) is 81.6 Å². The minimum atomic E-state index is -0.873. The van der Waals surface area contributed by atoms with Crippen LogP contribution in [0.2, 0.25) is 0 Å². The summed E-state index contributed by atoms with van der Waals surface area (Å²) >= 11 is 0. The molecule has 2 fully saturated rings. The maximum absolute atomic E-state index is 13.4. The summed E-state index contributed by atoms with van der Waals surface area (Å²) < 4.78 is 40.9. The largest absolute Gasteiger partial charge is 0.457 e. The van der Waals surface area contributed by atoms with Crippen LogP contribution in [0.25, 0.3) is 0 Å². The van der Waals surface area contributed by atoms with Crippen molar-refractivity contribution >= 4 is 11.9 Å². The zero-order valence-electron chi connectivity index (χ0n) is 34.5. The van der Waals surface area contributed by atoms with E-state index in [1.807, 2.05) is 78.8 Å². The fourth-order valence-corrected chi connectivity index (χ4v) is 6.98. The highest BCUT2D eigenvalue weighted by Gasteiger charge is 2.47. The van der Waals surface area contributed by atoms with Crippen molar-refractivity contribution in [2.75, 3.05) is 7.11 Å². The Morgan fingerprint density at radius 2 is 1.44 bits per heavy atom. The average Bonchev–Trinajstić information content (AvgIpc) is 3.99. The van der Waals surface area contributed by atoms with Gasteiger partial charge in [-0.2, -0.15) is 0 Å². The van der Waals surface area contributed by atoms with E-state index in [1.54, 1.807) is 31.4 Å². The van der Waals surface area contributed by atoms with Crippen LogP contribution in [0.5, 0.6) is 0 Å². The van der Waals surface area contributed by atoms with E-state index in [1.165, 1.54) is 12.5 Å². The second kappa shape index (κ2) is 19.5. The SMILES string of the molecule is C/C=C/[C@H](O)C(C)(C)[C@@H]1CCC[C@H]2O[C@H]2CC[C@@H]2O[C@@H]2c2nc(co2)C(=O)O[C@H](C(C)(C)[C@@H](O)/C=C/C)C/C=C\C(C)=C/C=C[C@H](OC)Cc2nc(co2)C(=O)O1. The number of rotatable bonds is 7. The number of carbonyl (C=O) groups excluding carboxylic acids is 2. The van der Waals surface area contributed by atoms with Crippen molar-refractivity contribution in [2.24, 2.45) is 10.8 Å². The second-order valence-electron chi connectivity index (χ2n) is 16.3. The molecule has 9 atom stereocenters. The molecule has 0 amide bonds. The molecule has 2 aromatic heterocycles. The summed E-state index contributed by atoms with van der Waals surface area (Å²) in [6.07, 6.45) is 19.3. The van der Waals surface area contributed by atoms with Gasteiger partial charge in [-0.05, 0) is 52.9 Å². The lowest BCUT2D eigenvalue weighted by Crippen LogP contribution is -2.42. The van der Waals surface area contributed by atoms with Gasteiger partial charge < -0.3 is 42.7 Å². The molecule has 0 radical (unpaired) electrons. The second-order valence-corrected chi connectivity index (χ2v) is 16.3. The molecule has 3 aliphatic rings. The molecule has 312 valence electrons. The Morgan fingerprint density at radius 3 is 2.12 bits per heavy atom. The van der Waals surface area contributed by atoms with E-state index >= 15 is 0 Å². The topological polar surface area (TPSA) is 179 Å². The molecular weight excluding hydrogens is 732 g/mol.